The number of benzene rings is 1. The van der Waals surface area contributed by atoms with Gasteiger partial charge in [-0.2, -0.15) is 5.10 Å². The highest BCUT2D eigenvalue weighted by atomic mass is 16.2. The molecule has 7 heteroatoms. The molecule has 2 heterocycles. The average molecular weight is 460 g/mol. The molecule has 0 bridgehead atoms. The smallest absolute Gasteiger partial charge is 0.255 e. The zero-order valence-electron chi connectivity index (χ0n) is 20.4. The van der Waals surface area contributed by atoms with Gasteiger partial charge >= 0.3 is 0 Å². The predicted octanol–water partition coefficient (Wildman–Crippen LogP) is 4.83. The highest BCUT2D eigenvalue weighted by Crippen LogP contribution is 2.32. The first kappa shape index (κ1) is 22.6. The van der Waals surface area contributed by atoms with Gasteiger partial charge in [-0.05, 0) is 69.2 Å². The summed E-state index contributed by atoms with van der Waals surface area (Å²) >= 11 is 0. The Morgan fingerprint density at radius 3 is 2.38 bits per heavy atom. The highest BCUT2D eigenvalue weighted by molar-refractivity contribution is 6.05. The second kappa shape index (κ2) is 8.85. The first-order valence-electron chi connectivity index (χ1n) is 12.4. The first-order chi connectivity index (χ1) is 16.3. The summed E-state index contributed by atoms with van der Waals surface area (Å²) in [6, 6.07) is 10.3. The number of carbonyl (C=O) groups excluding carboxylic acids is 2. The van der Waals surface area contributed by atoms with Gasteiger partial charge in [-0.3, -0.25) is 9.59 Å². The van der Waals surface area contributed by atoms with E-state index in [1.165, 1.54) is 0 Å². The highest BCUT2D eigenvalue weighted by Gasteiger charge is 2.34. The topological polar surface area (TPSA) is 80.1 Å². The summed E-state index contributed by atoms with van der Waals surface area (Å²) in [5, 5.41) is 8.37. The molecule has 0 saturated heterocycles. The minimum atomic E-state index is -0.0215. The van der Waals surface area contributed by atoms with Crippen LogP contribution in [0.1, 0.15) is 97.3 Å². The molecule has 2 saturated carbocycles. The number of amides is 2. The van der Waals surface area contributed by atoms with Crippen LogP contribution in [0.2, 0.25) is 0 Å². The van der Waals surface area contributed by atoms with Crippen molar-refractivity contribution in [2.24, 2.45) is 0 Å². The summed E-state index contributed by atoms with van der Waals surface area (Å²) in [5.74, 6) is 0.206. The van der Waals surface area contributed by atoms with Crippen molar-refractivity contribution in [3.05, 3.63) is 58.9 Å². The Bertz CT molecular complexity index is 1220. The number of hydrogen-bond acceptors (Lipinski definition) is 4. The van der Waals surface area contributed by atoms with Gasteiger partial charge in [0.25, 0.3) is 11.8 Å². The average Bonchev–Trinajstić information content (AvgIpc) is 3.75. The van der Waals surface area contributed by atoms with E-state index in [9.17, 15) is 9.59 Å². The summed E-state index contributed by atoms with van der Waals surface area (Å²) < 4.78 is 1.89. The van der Waals surface area contributed by atoms with E-state index >= 15 is 0 Å². The molecule has 0 aliphatic heterocycles. The lowest BCUT2D eigenvalue weighted by atomic mass is 10.0. The molecule has 34 heavy (non-hydrogen) atoms. The van der Waals surface area contributed by atoms with E-state index in [1.54, 1.807) is 6.20 Å². The third kappa shape index (κ3) is 4.56. The molecule has 0 spiro atoms. The number of nitrogens with zero attached hydrogens (tertiary/aromatic N) is 4. The summed E-state index contributed by atoms with van der Waals surface area (Å²) in [4.78, 5) is 33.0. The summed E-state index contributed by atoms with van der Waals surface area (Å²) in [6.45, 7) is 8.86. The lowest BCUT2D eigenvalue weighted by molar-refractivity contribution is 0.0731. The van der Waals surface area contributed by atoms with Crippen LogP contribution in [0.25, 0.3) is 11.0 Å². The molecule has 2 aromatic heterocycles. The van der Waals surface area contributed by atoms with E-state index in [4.69, 9.17) is 4.98 Å². The Labute approximate surface area is 200 Å². The van der Waals surface area contributed by atoms with Crippen LogP contribution in [0.15, 0.2) is 36.5 Å². The van der Waals surface area contributed by atoms with Crippen LogP contribution in [0.3, 0.4) is 0 Å². The van der Waals surface area contributed by atoms with Crippen molar-refractivity contribution in [2.75, 3.05) is 0 Å². The maximum absolute atomic E-state index is 13.9. The minimum Gasteiger partial charge on any atom is -0.349 e. The van der Waals surface area contributed by atoms with Gasteiger partial charge in [0.2, 0.25) is 0 Å². The van der Waals surface area contributed by atoms with Gasteiger partial charge in [-0.25, -0.2) is 9.67 Å². The Kier molecular flexibility index (Phi) is 5.88. The molecule has 5 rings (SSSR count). The number of carbonyl (C=O) groups is 2. The fraction of sp³-hybridized carbons (Fsp3) is 0.481. The van der Waals surface area contributed by atoms with Gasteiger partial charge in [0.15, 0.2) is 5.65 Å². The van der Waals surface area contributed by atoms with E-state index in [0.29, 0.717) is 23.7 Å². The van der Waals surface area contributed by atoms with Crippen LogP contribution in [0.4, 0.5) is 0 Å². The normalized spacial score (nSPS) is 15.8. The van der Waals surface area contributed by atoms with Crippen LogP contribution in [-0.2, 0) is 6.54 Å². The summed E-state index contributed by atoms with van der Waals surface area (Å²) in [6.07, 6.45) is 5.95. The largest absolute Gasteiger partial charge is 0.349 e. The van der Waals surface area contributed by atoms with Crippen LogP contribution in [0, 0.1) is 0 Å². The molecule has 1 aromatic carbocycles. The summed E-state index contributed by atoms with van der Waals surface area (Å²) in [5.41, 5.74) is 4.04. The van der Waals surface area contributed by atoms with Gasteiger partial charge in [-0.15, -0.1) is 0 Å². The number of hydrogen-bond donors (Lipinski definition) is 1. The van der Waals surface area contributed by atoms with Crippen molar-refractivity contribution in [3.63, 3.8) is 0 Å². The quantitative estimate of drug-likeness (QED) is 0.523. The molecular formula is C27H33N5O2. The molecular weight excluding hydrogens is 426 g/mol. The molecule has 7 nitrogen and oxygen atoms in total. The van der Waals surface area contributed by atoms with E-state index in [0.717, 1.165) is 48.0 Å². The standard InChI is InChI=1S/C27H33N5O2/c1-16(2)24-13-22(23-14-28-32(17(3)4)25(23)30-24)27(34)31(21-11-12-21)15-18-5-7-19(8-6-18)26(33)29-20-9-10-20/h5-8,13-14,16-17,20-21H,9-12,15H2,1-4H3,(H,29,33). The fourth-order valence-corrected chi connectivity index (χ4v) is 4.25. The third-order valence-electron chi connectivity index (χ3n) is 6.63. The molecule has 178 valence electrons. The van der Waals surface area contributed by atoms with Crippen molar-refractivity contribution < 1.29 is 9.59 Å². The van der Waals surface area contributed by atoms with E-state index < -0.39 is 0 Å². The minimum absolute atomic E-state index is 0.0215. The third-order valence-corrected chi connectivity index (χ3v) is 6.63. The van der Waals surface area contributed by atoms with Gasteiger partial charge in [0.05, 0.1) is 17.1 Å². The van der Waals surface area contributed by atoms with Gasteiger partial charge in [0, 0.05) is 35.9 Å². The van der Waals surface area contributed by atoms with Gasteiger partial charge in [-0.1, -0.05) is 26.0 Å². The zero-order chi connectivity index (χ0) is 24.0. The Hall–Kier alpha value is -3.22. The second-order valence-corrected chi connectivity index (χ2v) is 10.3. The van der Waals surface area contributed by atoms with Crippen molar-refractivity contribution in [3.8, 4) is 0 Å². The maximum atomic E-state index is 13.9. The monoisotopic (exact) mass is 459 g/mol. The lowest BCUT2D eigenvalue weighted by Crippen LogP contribution is -2.33. The Balaban J connectivity index is 1.43. The number of nitrogens with one attached hydrogen (secondary N) is 1. The van der Waals surface area contributed by atoms with Gasteiger partial charge < -0.3 is 10.2 Å². The Morgan fingerprint density at radius 1 is 1.09 bits per heavy atom. The molecule has 0 radical (unpaired) electrons. The number of rotatable bonds is 8. The zero-order valence-corrected chi connectivity index (χ0v) is 20.4. The van der Waals surface area contributed by atoms with E-state index in [1.807, 2.05) is 39.9 Å². The number of pyridine rings is 1. The van der Waals surface area contributed by atoms with Crippen molar-refractivity contribution in [1.29, 1.82) is 0 Å². The molecule has 3 aromatic rings. The van der Waals surface area contributed by atoms with Crippen LogP contribution in [0.5, 0.6) is 0 Å². The SMILES string of the molecule is CC(C)c1cc(C(=O)N(Cc2ccc(C(=O)NC3CC3)cc2)C2CC2)c2cnn(C(C)C)c2n1. The van der Waals surface area contributed by atoms with Crippen molar-refractivity contribution in [2.45, 2.75) is 84.0 Å². The van der Waals surface area contributed by atoms with Gasteiger partial charge in [0.1, 0.15) is 0 Å². The molecule has 1 N–H and O–H groups in total. The lowest BCUT2D eigenvalue weighted by Gasteiger charge is -2.24. The van der Waals surface area contributed by atoms with E-state index in [2.05, 4.69) is 38.1 Å². The Morgan fingerprint density at radius 2 is 1.79 bits per heavy atom. The van der Waals surface area contributed by atoms with Crippen molar-refractivity contribution in [1.82, 2.24) is 25.0 Å². The second-order valence-electron chi connectivity index (χ2n) is 10.3. The number of aromatic nitrogens is 3. The molecule has 2 fully saturated rings. The molecule has 2 aliphatic rings. The first-order valence-corrected chi connectivity index (χ1v) is 12.4. The molecule has 2 aliphatic carbocycles. The fourth-order valence-electron chi connectivity index (χ4n) is 4.25. The van der Waals surface area contributed by atoms with Crippen LogP contribution >= 0.6 is 0 Å². The van der Waals surface area contributed by atoms with E-state index in [-0.39, 0.29) is 29.8 Å². The maximum Gasteiger partial charge on any atom is 0.255 e. The molecule has 0 unspecified atom stereocenters. The van der Waals surface area contributed by atoms with Crippen molar-refractivity contribution >= 4 is 22.8 Å². The number of fused-ring (bicyclic) bond motifs is 1. The van der Waals surface area contributed by atoms with Crippen LogP contribution in [-0.4, -0.2) is 43.6 Å². The molecule has 2 amide bonds. The summed E-state index contributed by atoms with van der Waals surface area (Å²) in [7, 11) is 0. The van der Waals surface area contributed by atoms with Crippen LogP contribution < -0.4 is 5.32 Å². The molecule has 0 atom stereocenters. The predicted molar refractivity (Wildman–Crippen MR) is 132 cm³/mol.